The van der Waals surface area contributed by atoms with Gasteiger partial charge < -0.3 is 4.57 Å². The molecule has 53 heavy (non-hydrogen) atoms. The van der Waals surface area contributed by atoms with E-state index in [0.29, 0.717) is 17.6 Å². The van der Waals surface area contributed by atoms with Crippen LogP contribution in [0.4, 0.5) is 0 Å². The number of rotatable bonds is 5. The Hall–Kier alpha value is -7.38. The SMILES string of the molecule is c1ccc(-c2nc(-c3ccccc3)nc(-n3c4ccccc4c4c3c3c(c5ccccc5n3-c3ccccc3)n4-c3ccc4ccccc4n3)n2)cc1. The van der Waals surface area contributed by atoms with Crippen molar-refractivity contribution in [2.24, 2.45) is 0 Å². The molecule has 0 aliphatic rings. The highest BCUT2D eigenvalue weighted by atomic mass is 15.2. The van der Waals surface area contributed by atoms with Gasteiger partial charge in [-0.15, -0.1) is 0 Å². The van der Waals surface area contributed by atoms with Crippen LogP contribution in [0.15, 0.2) is 176 Å². The average molecular weight is 680 g/mol. The quantitative estimate of drug-likeness (QED) is 0.182. The molecule has 0 aliphatic carbocycles. The number of fused-ring (bicyclic) bond motifs is 8. The molecule has 11 aromatic rings. The van der Waals surface area contributed by atoms with Crippen molar-refractivity contribution in [3.63, 3.8) is 0 Å². The van der Waals surface area contributed by atoms with Crippen molar-refractivity contribution in [1.82, 2.24) is 33.6 Å². The number of para-hydroxylation sites is 4. The van der Waals surface area contributed by atoms with Gasteiger partial charge in [0.25, 0.3) is 0 Å². The molecule has 5 heterocycles. The molecule has 0 saturated carbocycles. The summed E-state index contributed by atoms with van der Waals surface area (Å²) in [4.78, 5) is 20.9. The second-order valence-electron chi connectivity index (χ2n) is 13.1. The van der Waals surface area contributed by atoms with Crippen LogP contribution in [0.1, 0.15) is 0 Å². The highest BCUT2D eigenvalue weighted by molar-refractivity contribution is 6.25. The zero-order chi connectivity index (χ0) is 34.9. The molecule has 0 amide bonds. The lowest BCUT2D eigenvalue weighted by molar-refractivity contribution is 0.953. The summed E-state index contributed by atoms with van der Waals surface area (Å²) in [7, 11) is 0. The summed E-state index contributed by atoms with van der Waals surface area (Å²) in [5, 5.41) is 3.29. The van der Waals surface area contributed by atoms with Crippen molar-refractivity contribution in [2.75, 3.05) is 0 Å². The maximum absolute atomic E-state index is 5.31. The molecule has 7 nitrogen and oxygen atoms in total. The zero-order valence-electron chi connectivity index (χ0n) is 28.4. The molecule has 0 N–H and O–H groups in total. The zero-order valence-corrected chi connectivity index (χ0v) is 28.4. The third kappa shape index (κ3) is 4.47. The first-order valence-corrected chi connectivity index (χ1v) is 17.7. The number of nitrogens with zero attached hydrogens (tertiary/aromatic N) is 7. The Labute approximate surface area is 303 Å². The van der Waals surface area contributed by atoms with Gasteiger partial charge in [0.15, 0.2) is 11.6 Å². The van der Waals surface area contributed by atoms with E-state index in [-0.39, 0.29) is 0 Å². The number of hydrogen-bond acceptors (Lipinski definition) is 4. The summed E-state index contributed by atoms with van der Waals surface area (Å²) in [5.41, 5.74) is 10.1. The lowest BCUT2D eigenvalue weighted by Gasteiger charge is -2.12. The molecular formula is C46H29N7. The number of aromatic nitrogens is 7. The minimum absolute atomic E-state index is 0.541. The van der Waals surface area contributed by atoms with Crippen LogP contribution >= 0.6 is 0 Å². The van der Waals surface area contributed by atoms with Crippen LogP contribution in [-0.4, -0.2) is 33.6 Å². The molecular weight excluding hydrogens is 651 g/mol. The monoisotopic (exact) mass is 679 g/mol. The van der Waals surface area contributed by atoms with Crippen molar-refractivity contribution in [1.29, 1.82) is 0 Å². The second kappa shape index (κ2) is 11.6. The topological polar surface area (TPSA) is 66.3 Å². The Morgan fingerprint density at radius 3 is 1.49 bits per heavy atom. The van der Waals surface area contributed by atoms with E-state index in [1.54, 1.807) is 0 Å². The molecule has 0 bridgehead atoms. The Morgan fingerprint density at radius 2 is 0.849 bits per heavy atom. The Bertz CT molecular complexity index is 3100. The van der Waals surface area contributed by atoms with Gasteiger partial charge in [0.2, 0.25) is 5.95 Å². The van der Waals surface area contributed by atoms with E-state index in [0.717, 1.165) is 77.4 Å². The lowest BCUT2D eigenvalue weighted by Crippen LogP contribution is -2.06. The first-order valence-electron chi connectivity index (χ1n) is 17.7. The lowest BCUT2D eigenvalue weighted by atomic mass is 10.2. The average Bonchev–Trinajstić information content (AvgIpc) is 3.87. The van der Waals surface area contributed by atoms with Crippen LogP contribution in [0.2, 0.25) is 0 Å². The van der Waals surface area contributed by atoms with Gasteiger partial charge >= 0.3 is 0 Å². The van der Waals surface area contributed by atoms with Gasteiger partial charge in [-0.2, -0.15) is 9.97 Å². The first-order chi connectivity index (χ1) is 26.3. The van der Waals surface area contributed by atoms with Gasteiger partial charge in [0, 0.05) is 33.0 Å². The molecule has 0 radical (unpaired) electrons. The number of benzene rings is 6. The minimum Gasteiger partial charge on any atom is -0.306 e. The largest absolute Gasteiger partial charge is 0.306 e. The van der Waals surface area contributed by atoms with Crippen molar-refractivity contribution < 1.29 is 0 Å². The summed E-state index contributed by atoms with van der Waals surface area (Å²) in [6.45, 7) is 0. The van der Waals surface area contributed by atoms with E-state index in [1.165, 1.54) is 0 Å². The molecule has 0 atom stereocenters. The standard InChI is InChI=1S/C46H29N7/c1-4-17-31(18-5-1)44-48-45(32-19-6-2-7-20-32)50-46(49-44)52-38-27-15-12-24-35(38)41-43(52)42-40(53(41)39-29-28-30-16-10-13-25-36(30)47-39)34-23-11-14-26-37(34)51(42)33-21-8-3-9-22-33/h1-29H. The van der Waals surface area contributed by atoms with E-state index in [2.05, 4.69) is 123 Å². The Kier molecular flexibility index (Phi) is 6.42. The van der Waals surface area contributed by atoms with Crippen molar-refractivity contribution in [3.05, 3.63) is 176 Å². The predicted octanol–water partition coefficient (Wildman–Crippen LogP) is 10.7. The summed E-state index contributed by atoms with van der Waals surface area (Å²) >= 11 is 0. The fourth-order valence-electron chi connectivity index (χ4n) is 7.81. The summed E-state index contributed by atoms with van der Waals surface area (Å²) < 4.78 is 6.94. The van der Waals surface area contributed by atoms with Gasteiger partial charge in [-0.05, 0) is 42.5 Å². The molecule has 0 fully saturated rings. The Morgan fingerprint density at radius 1 is 0.340 bits per heavy atom. The molecule has 0 aliphatic heterocycles. The fraction of sp³-hybridized carbons (Fsp3) is 0. The molecule has 6 aromatic carbocycles. The van der Waals surface area contributed by atoms with Gasteiger partial charge in [-0.1, -0.05) is 133 Å². The van der Waals surface area contributed by atoms with E-state index < -0.39 is 0 Å². The van der Waals surface area contributed by atoms with Gasteiger partial charge in [0.1, 0.15) is 11.3 Å². The molecule has 5 aromatic heterocycles. The maximum Gasteiger partial charge on any atom is 0.238 e. The van der Waals surface area contributed by atoms with Crippen LogP contribution in [0.25, 0.3) is 95.0 Å². The summed E-state index contributed by atoms with van der Waals surface area (Å²) in [6, 6.07) is 60.6. The van der Waals surface area contributed by atoms with Crippen LogP contribution < -0.4 is 0 Å². The minimum atomic E-state index is 0.541. The predicted molar refractivity (Wildman–Crippen MR) is 214 cm³/mol. The molecule has 248 valence electrons. The van der Waals surface area contributed by atoms with Gasteiger partial charge in [-0.3, -0.25) is 9.13 Å². The summed E-state index contributed by atoms with van der Waals surface area (Å²) in [5.74, 6) is 2.60. The third-order valence-corrected chi connectivity index (χ3v) is 10.1. The smallest absolute Gasteiger partial charge is 0.238 e. The van der Waals surface area contributed by atoms with E-state index >= 15 is 0 Å². The van der Waals surface area contributed by atoms with Crippen LogP contribution in [-0.2, 0) is 0 Å². The van der Waals surface area contributed by atoms with Crippen molar-refractivity contribution in [3.8, 4) is 40.2 Å². The number of pyridine rings is 1. The molecule has 0 spiro atoms. The first kappa shape index (κ1) is 29.4. The molecule has 11 rings (SSSR count). The Balaban J connectivity index is 1.36. The summed E-state index contributed by atoms with van der Waals surface area (Å²) in [6.07, 6.45) is 0. The number of hydrogen-bond donors (Lipinski definition) is 0. The van der Waals surface area contributed by atoms with Gasteiger partial charge in [0.05, 0.1) is 33.1 Å². The highest BCUT2D eigenvalue weighted by Crippen LogP contribution is 2.45. The van der Waals surface area contributed by atoms with E-state index in [4.69, 9.17) is 19.9 Å². The highest BCUT2D eigenvalue weighted by Gasteiger charge is 2.29. The third-order valence-electron chi connectivity index (χ3n) is 10.1. The van der Waals surface area contributed by atoms with Crippen molar-refractivity contribution >= 4 is 54.8 Å². The van der Waals surface area contributed by atoms with E-state index in [9.17, 15) is 0 Å². The van der Waals surface area contributed by atoms with Crippen molar-refractivity contribution in [2.45, 2.75) is 0 Å². The van der Waals surface area contributed by atoms with Crippen LogP contribution in [0.3, 0.4) is 0 Å². The molecule has 0 unspecified atom stereocenters. The van der Waals surface area contributed by atoms with Gasteiger partial charge in [-0.25, -0.2) is 9.97 Å². The maximum atomic E-state index is 5.31. The normalized spacial score (nSPS) is 11.8. The van der Waals surface area contributed by atoms with E-state index in [1.807, 2.05) is 66.7 Å². The molecule has 7 heteroatoms. The fourth-order valence-corrected chi connectivity index (χ4v) is 7.81. The second-order valence-corrected chi connectivity index (χ2v) is 13.1. The molecule has 0 saturated heterocycles. The van der Waals surface area contributed by atoms with Crippen LogP contribution in [0, 0.1) is 0 Å². The van der Waals surface area contributed by atoms with Crippen LogP contribution in [0.5, 0.6) is 0 Å².